The Balaban J connectivity index is 1.16. The first-order valence-electron chi connectivity index (χ1n) is 19.7. The lowest BCUT2D eigenvalue weighted by atomic mass is 9.88. The Labute approximate surface area is 336 Å². The van der Waals surface area contributed by atoms with Gasteiger partial charge in [0.15, 0.2) is 17.5 Å². The Kier molecular flexibility index (Phi) is 8.15. The van der Waals surface area contributed by atoms with E-state index in [9.17, 15) is 0 Å². The zero-order chi connectivity index (χ0) is 38.4. The summed E-state index contributed by atoms with van der Waals surface area (Å²) in [5.74, 6) is 1.90. The van der Waals surface area contributed by atoms with Crippen LogP contribution in [0.15, 0.2) is 212 Å². The van der Waals surface area contributed by atoms with Crippen molar-refractivity contribution in [3.05, 3.63) is 212 Å². The van der Waals surface area contributed by atoms with Crippen molar-refractivity contribution >= 4 is 43.1 Å². The molecule has 11 aromatic rings. The maximum atomic E-state index is 5.18. The number of fused-ring (bicyclic) bond motifs is 7. The van der Waals surface area contributed by atoms with Crippen molar-refractivity contribution in [2.24, 2.45) is 0 Å². The molecule has 0 N–H and O–H groups in total. The molecule has 1 heterocycles. The molecule has 0 unspecified atom stereocenters. The minimum Gasteiger partial charge on any atom is -0.208 e. The Morgan fingerprint density at radius 2 is 0.638 bits per heavy atom. The summed E-state index contributed by atoms with van der Waals surface area (Å²) in [7, 11) is 0. The second-order valence-corrected chi connectivity index (χ2v) is 14.8. The summed E-state index contributed by atoms with van der Waals surface area (Å²) < 4.78 is 0. The molecule has 0 aliphatic heterocycles. The first-order valence-corrected chi connectivity index (χ1v) is 19.7. The van der Waals surface area contributed by atoms with Crippen LogP contribution in [0.5, 0.6) is 0 Å². The van der Waals surface area contributed by atoms with Crippen molar-refractivity contribution in [3.63, 3.8) is 0 Å². The van der Waals surface area contributed by atoms with Gasteiger partial charge in [-0.25, -0.2) is 15.0 Å². The second-order valence-electron chi connectivity index (χ2n) is 14.8. The van der Waals surface area contributed by atoms with Gasteiger partial charge in [-0.3, -0.25) is 0 Å². The van der Waals surface area contributed by atoms with Crippen LogP contribution >= 0.6 is 0 Å². The van der Waals surface area contributed by atoms with Gasteiger partial charge in [-0.05, 0) is 94.7 Å². The maximum absolute atomic E-state index is 5.18. The molecule has 0 atom stereocenters. The average Bonchev–Trinajstić information content (AvgIpc) is 3.31. The Morgan fingerprint density at radius 3 is 1.28 bits per heavy atom. The van der Waals surface area contributed by atoms with Crippen LogP contribution < -0.4 is 0 Å². The van der Waals surface area contributed by atoms with Gasteiger partial charge in [-0.15, -0.1) is 0 Å². The van der Waals surface area contributed by atoms with Crippen LogP contribution in [-0.2, 0) is 0 Å². The minimum atomic E-state index is 0.624. The summed E-state index contributed by atoms with van der Waals surface area (Å²) in [4.78, 5) is 15.4. The van der Waals surface area contributed by atoms with Crippen LogP contribution in [-0.4, -0.2) is 15.0 Å². The van der Waals surface area contributed by atoms with Crippen LogP contribution in [0, 0.1) is 0 Å². The van der Waals surface area contributed by atoms with Gasteiger partial charge < -0.3 is 0 Å². The van der Waals surface area contributed by atoms with Crippen molar-refractivity contribution in [3.8, 4) is 67.5 Å². The third-order valence-corrected chi connectivity index (χ3v) is 11.3. The number of nitrogens with zero attached hydrogens (tertiary/aromatic N) is 3. The molecule has 0 saturated carbocycles. The monoisotopic (exact) mass is 737 g/mol. The molecule has 3 heteroatoms. The molecule has 0 spiro atoms. The predicted octanol–water partition coefficient (Wildman–Crippen LogP) is 14.5. The van der Waals surface area contributed by atoms with Crippen LogP contribution in [0.1, 0.15) is 0 Å². The maximum Gasteiger partial charge on any atom is 0.164 e. The smallest absolute Gasteiger partial charge is 0.164 e. The van der Waals surface area contributed by atoms with Gasteiger partial charge in [0, 0.05) is 16.7 Å². The number of rotatable bonds is 6. The Hall–Kier alpha value is -7.75. The van der Waals surface area contributed by atoms with Crippen molar-refractivity contribution < 1.29 is 0 Å². The van der Waals surface area contributed by atoms with Gasteiger partial charge in [0.1, 0.15) is 0 Å². The molecule has 3 nitrogen and oxygen atoms in total. The quantitative estimate of drug-likeness (QED) is 0.160. The van der Waals surface area contributed by atoms with E-state index in [4.69, 9.17) is 15.0 Å². The van der Waals surface area contributed by atoms with E-state index in [1.165, 1.54) is 54.2 Å². The van der Waals surface area contributed by atoms with Gasteiger partial charge in [0.25, 0.3) is 0 Å². The average molecular weight is 738 g/mol. The second kappa shape index (κ2) is 14.1. The van der Waals surface area contributed by atoms with E-state index in [1.54, 1.807) is 0 Å². The van der Waals surface area contributed by atoms with Crippen molar-refractivity contribution in [1.82, 2.24) is 15.0 Å². The van der Waals surface area contributed by atoms with Gasteiger partial charge in [-0.2, -0.15) is 0 Å². The molecule has 1 aromatic heterocycles. The molecular weight excluding hydrogens is 703 g/mol. The van der Waals surface area contributed by atoms with Crippen LogP contribution in [0.3, 0.4) is 0 Å². The first kappa shape index (κ1) is 33.6. The SMILES string of the molecule is c1ccc(-c2nc(-c3ccccc3)nc(-c3cc(-c4ccc(-c5cccc6ccccc56)cc4)cc(-c4cccc5c6ccccc6c6ccccc6c45)c3)n2)cc1. The molecule has 0 fully saturated rings. The zero-order valence-electron chi connectivity index (χ0n) is 31.5. The van der Waals surface area contributed by atoms with E-state index < -0.39 is 0 Å². The summed E-state index contributed by atoms with van der Waals surface area (Å²) in [5, 5.41) is 9.93. The standard InChI is InChI=1S/C55H35N3/c1-3-16-39(17-4-1)53-56-54(40-18-5-2-6-19-40)58-55(57-53)43-34-41(36-29-31-38(32-30-36)45-26-13-20-37-15-7-8-21-44(37)45)33-42(35-43)46-27-14-28-51-49-23-10-9-22-47(49)48-24-11-12-25-50(48)52(46)51/h1-35H. The largest absolute Gasteiger partial charge is 0.208 e. The molecule has 0 bridgehead atoms. The van der Waals surface area contributed by atoms with Crippen molar-refractivity contribution in [2.75, 3.05) is 0 Å². The van der Waals surface area contributed by atoms with E-state index in [2.05, 4.69) is 176 Å². The Morgan fingerprint density at radius 1 is 0.224 bits per heavy atom. The molecule has 11 rings (SSSR count). The fraction of sp³-hybridized carbons (Fsp3) is 0. The third-order valence-electron chi connectivity index (χ3n) is 11.3. The molecular formula is C55H35N3. The number of hydrogen-bond donors (Lipinski definition) is 0. The lowest BCUT2D eigenvalue weighted by Gasteiger charge is -2.16. The number of benzene rings is 10. The minimum absolute atomic E-state index is 0.624. The molecule has 0 aliphatic rings. The lowest BCUT2D eigenvalue weighted by molar-refractivity contribution is 1.07. The highest BCUT2D eigenvalue weighted by molar-refractivity contribution is 6.28. The van der Waals surface area contributed by atoms with Crippen molar-refractivity contribution in [2.45, 2.75) is 0 Å². The van der Waals surface area contributed by atoms with Gasteiger partial charge in [0.05, 0.1) is 0 Å². The fourth-order valence-corrected chi connectivity index (χ4v) is 8.53. The molecule has 0 saturated heterocycles. The normalized spacial score (nSPS) is 11.4. The van der Waals surface area contributed by atoms with Crippen LogP contribution in [0.2, 0.25) is 0 Å². The third kappa shape index (κ3) is 5.89. The molecule has 10 aromatic carbocycles. The Bertz CT molecular complexity index is 3210. The highest BCUT2D eigenvalue weighted by Crippen LogP contribution is 2.42. The van der Waals surface area contributed by atoms with Crippen molar-refractivity contribution in [1.29, 1.82) is 0 Å². The first-order chi connectivity index (χ1) is 28.7. The number of hydrogen-bond acceptors (Lipinski definition) is 3. The molecule has 270 valence electrons. The van der Waals surface area contributed by atoms with Crippen LogP contribution in [0.4, 0.5) is 0 Å². The van der Waals surface area contributed by atoms with E-state index >= 15 is 0 Å². The highest BCUT2D eigenvalue weighted by Gasteiger charge is 2.18. The summed E-state index contributed by atoms with van der Waals surface area (Å²) in [6.45, 7) is 0. The van der Waals surface area contributed by atoms with Gasteiger partial charge >= 0.3 is 0 Å². The summed E-state index contributed by atoms with van der Waals surface area (Å²) in [6.07, 6.45) is 0. The molecule has 58 heavy (non-hydrogen) atoms. The van der Waals surface area contributed by atoms with Crippen LogP contribution in [0.25, 0.3) is 111 Å². The lowest BCUT2D eigenvalue weighted by Crippen LogP contribution is -2.00. The van der Waals surface area contributed by atoms with E-state index in [-0.39, 0.29) is 0 Å². The zero-order valence-corrected chi connectivity index (χ0v) is 31.5. The van der Waals surface area contributed by atoms with Gasteiger partial charge in [-0.1, -0.05) is 194 Å². The number of aromatic nitrogens is 3. The predicted molar refractivity (Wildman–Crippen MR) is 242 cm³/mol. The summed E-state index contributed by atoms with van der Waals surface area (Å²) in [6, 6.07) is 75.5. The molecule has 0 radical (unpaired) electrons. The molecule has 0 amide bonds. The van der Waals surface area contributed by atoms with Gasteiger partial charge in [0.2, 0.25) is 0 Å². The van der Waals surface area contributed by atoms with E-state index in [0.717, 1.165) is 38.9 Å². The van der Waals surface area contributed by atoms with E-state index in [1.807, 2.05) is 36.4 Å². The molecule has 0 aliphatic carbocycles. The highest BCUT2D eigenvalue weighted by atomic mass is 15.0. The van der Waals surface area contributed by atoms with E-state index in [0.29, 0.717) is 17.5 Å². The fourth-order valence-electron chi connectivity index (χ4n) is 8.53. The topological polar surface area (TPSA) is 38.7 Å². The summed E-state index contributed by atoms with van der Waals surface area (Å²) in [5.41, 5.74) is 9.67. The summed E-state index contributed by atoms with van der Waals surface area (Å²) >= 11 is 0.